The summed E-state index contributed by atoms with van der Waals surface area (Å²) >= 11 is 0. The van der Waals surface area contributed by atoms with Gasteiger partial charge in [-0.2, -0.15) is 0 Å². The molecule has 0 aromatic carbocycles. The Balaban J connectivity index is 2.19. The minimum Gasteiger partial charge on any atom is -0.378 e. The topological polar surface area (TPSA) is 52.3 Å². The second-order valence-corrected chi connectivity index (χ2v) is 6.18. The smallest absolute Gasteiger partial charge is 0.217 e. The van der Waals surface area contributed by atoms with E-state index in [9.17, 15) is 4.79 Å². The predicted octanol–water partition coefficient (Wildman–Crippen LogP) is 2.48. The van der Waals surface area contributed by atoms with E-state index < -0.39 is 0 Å². The van der Waals surface area contributed by atoms with E-state index in [1.807, 2.05) is 0 Å². The van der Waals surface area contributed by atoms with Crippen molar-refractivity contribution in [2.75, 3.05) is 6.61 Å². The molecule has 94 valence electrons. The van der Waals surface area contributed by atoms with Gasteiger partial charge < -0.3 is 10.5 Å². The zero-order valence-corrected chi connectivity index (χ0v) is 10.8. The Labute approximate surface area is 98.7 Å². The normalized spacial score (nSPS) is 26.7. The first kappa shape index (κ1) is 13.5. The van der Waals surface area contributed by atoms with Crippen molar-refractivity contribution >= 4 is 5.91 Å². The van der Waals surface area contributed by atoms with Gasteiger partial charge in [-0.05, 0) is 37.0 Å². The maximum absolute atomic E-state index is 10.8. The highest BCUT2D eigenvalue weighted by molar-refractivity contribution is 5.73. The minimum atomic E-state index is -0.168. The fraction of sp³-hybridized carbons (Fsp3) is 0.923. The first-order valence-corrected chi connectivity index (χ1v) is 6.27. The summed E-state index contributed by atoms with van der Waals surface area (Å²) < 4.78 is 5.88. The fourth-order valence-electron chi connectivity index (χ4n) is 2.16. The molecule has 0 aliphatic heterocycles. The molecule has 0 aromatic heterocycles. The van der Waals surface area contributed by atoms with E-state index in [-0.39, 0.29) is 11.3 Å². The summed E-state index contributed by atoms with van der Waals surface area (Å²) in [6.07, 6.45) is 5.26. The van der Waals surface area contributed by atoms with Crippen molar-refractivity contribution in [1.82, 2.24) is 0 Å². The molecule has 1 aliphatic carbocycles. The minimum absolute atomic E-state index is 0.168. The van der Waals surface area contributed by atoms with Crippen LogP contribution >= 0.6 is 0 Å². The number of hydrogen-bond donors (Lipinski definition) is 1. The molecule has 1 fully saturated rings. The van der Waals surface area contributed by atoms with Crippen molar-refractivity contribution in [2.24, 2.45) is 17.1 Å². The van der Waals surface area contributed by atoms with Crippen molar-refractivity contribution in [3.05, 3.63) is 0 Å². The summed E-state index contributed by atoms with van der Waals surface area (Å²) in [5.74, 6) is 0.325. The van der Waals surface area contributed by atoms with Gasteiger partial charge in [-0.1, -0.05) is 20.8 Å². The van der Waals surface area contributed by atoms with Crippen LogP contribution in [0.15, 0.2) is 0 Å². The molecule has 0 aromatic rings. The Hall–Kier alpha value is -0.570. The highest BCUT2D eigenvalue weighted by atomic mass is 16.5. The second kappa shape index (κ2) is 5.67. The summed E-state index contributed by atoms with van der Waals surface area (Å²) in [6.45, 7) is 7.38. The number of rotatable bonds is 4. The Morgan fingerprint density at radius 2 is 1.81 bits per heavy atom. The largest absolute Gasteiger partial charge is 0.378 e. The number of hydrogen-bond acceptors (Lipinski definition) is 2. The molecule has 2 N–H and O–H groups in total. The van der Waals surface area contributed by atoms with Crippen molar-refractivity contribution in [1.29, 1.82) is 0 Å². The molecule has 0 unspecified atom stereocenters. The van der Waals surface area contributed by atoms with Gasteiger partial charge in [0.2, 0.25) is 5.91 Å². The van der Waals surface area contributed by atoms with Gasteiger partial charge in [-0.25, -0.2) is 0 Å². The number of carbonyl (C=O) groups is 1. The van der Waals surface area contributed by atoms with Gasteiger partial charge in [0.15, 0.2) is 0 Å². The summed E-state index contributed by atoms with van der Waals surface area (Å²) in [5, 5.41) is 0. The van der Waals surface area contributed by atoms with Crippen LogP contribution in [0.1, 0.15) is 52.9 Å². The van der Waals surface area contributed by atoms with Crippen LogP contribution in [-0.4, -0.2) is 18.6 Å². The molecule has 16 heavy (non-hydrogen) atoms. The van der Waals surface area contributed by atoms with Gasteiger partial charge in [0.05, 0.1) is 12.7 Å². The first-order valence-electron chi connectivity index (χ1n) is 6.27. The standard InChI is InChI=1S/C13H25NO2/c1-13(2,3)9-16-11-6-4-10(5-7-11)8-12(14)15/h10-11H,4-9H2,1-3H3,(H2,14,15). The Bertz CT molecular complexity index is 225. The third-order valence-electron chi connectivity index (χ3n) is 3.04. The van der Waals surface area contributed by atoms with Gasteiger partial charge in [-0.3, -0.25) is 4.79 Å². The summed E-state index contributed by atoms with van der Waals surface area (Å²) in [4.78, 5) is 10.8. The average molecular weight is 227 g/mol. The molecule has 1 rings (SSSR count). The van der Waals surface area contributed by atoms with Crippen LogP contribution in [0.25, 0.3) is 0 Å². The molecule has 1 amide bonds. The Morgan fingerprint density at radius 3 is 2.25 bits per heavy atom. The van der Waals surface area contributed by atoms with Crippen molar-refractivity contribution < 1.29 is 9.53 Å². The monoisotopic (exact) mass is 227 g/mol. The molecule has 0 radical (unpaired) electrons. The number of nitrogens with two attached hydrogens (primary N) is 1. The number of amides is 1. The van der Waals surface area contributed by atoms with Gasteiger partial charge in [-0.15, -0.1) is 0 Å². The SMILES string of the molecule is CC(C)(C)COC1CCC(CC(N)=O)CC1. The van der Waals surface area contributed by atoms with Gasteiger partial charge in [0.1, 0.15) is 0 Å². The van der Waals surface area contributed by atoms with E-state index in [1.54, 1.807) is 0 Å². The van der Waals surface area contributed by atoms with Crippen molar-refractivity contribution in [3.63, 3.8) is 0 Å². The van der Waals surface area contributed by atoms with Crippen LogP contribution in [0.4, 0.5) is 0 Å². The molecule has 3 heteroatoms. The molecule has 0 spiro atoms. The molecule has 0 atom stereocenters. The van der Waals surface area contributed by atoms with Crippen LogP contribution in [0.5, 0.6) is 0 Å². The van der Waals surface area contributed by atoms with E-state index in [0.717, 1.165) is 32.3 Å². The lowest BCUT2D eigenvalue weighted by Gasteiger charge is -2.30. The summed E-state index contributed by atoms with van der Waals surface area (Å²) in [7, 11) is 0. The molecule has 1 saturated carbocycles. The van der Waals surface area contributed by atoms with E-state index in [1.165, 1.54) is 0 Å². The molecule has 0 bridgehead atoms. The second-order valence-electron chi connectivity index (χ2n) is 6.18. The molecule has 3 nitrogen and oxygen atoms in total. The third kappa shape index (κ3) is 5.50. The maximum atomic E-state index is 10.8. The Morgan fingerprint density at radius 1 is 1.25 bits per heavy atom. The zero-order valence-electron chi connectivity index (χ0n) is 10.8. The quantitative estimate of drug-likeness (QED) is 0.802. The number of carbonyl (C=O) groups excluding carboxylic acids is 1. The average Bonchev–Trinajstić information content (AvgIpc) is 2.14. The van der Waals surface area contributed by atoms with E-state index in [4.69, 9.17) is 10.5 Å². The summed E-state index contributed by atoms with van der Waals surface area (Å²) in [6, 6.07) is 0. The van der Waals surface area contributed by atoms with E-state index >= 15 is 0 Å². The van der Waals surface area contributed by atoms with E-state index in [0.29, 0.717) is 18.4 Å². The molecule has 0 heterocycles. The van der Waals surface area contributed by atoms with E-state index in [2.05, 4.69) is 20.8 Å². The molecule has 0 saturated heterocycles. The highest BCUT2D eigenvalue weighted by Crippen LogP contribution is 2.29. The molecular formula is C13H25NO2. The Kier molecular flexibility index (Phi) is 4.78. The molecular weight excluding hydrogens is 202 g/mol. The van der Waals surface area contributed by atoms with Crippen LogP contribution in [0.3, 0.4) is 0 Å². The maximum Gasteiger partial charge on any atom is 0.217 e. The number of ether oxygens (including phenoxy) is 1. The van der Waals surface area contributed by atoms with Crippen molar-refractivity contribution in [3.8, 4) is 0 Å². The van der Waals surface area contributed by atoms with Gasteiger partial charge >= 0.3 is 0 Å². The van der Waals surface area contributed by atoms with Crippen LogP contribution in [0.2, 0.25) is 0 Å². The lowest BCUT2D eigenvalue weighted by atomic mass is 9.85. The zero-order chi connectivity index (χ0) is 12.2. The summed E-state index contributed by atoms with van der Waals surface area (Å²) in [5.41, 5.74) is 5.44. The molecule has 1 aliphatic rings. The fourth-order valence-corrected chi connectivity index (χ4v) is 2.16. The number of primary amides is 1. The third-order valence-corrected chi connectivity index (χ3v) is 3.04. The van der Waals surface area contributed by atoms with Gasteiger partial charge in [0.25, 0.3) is 0 Å². The lowest BCUT2D eigenvalue weighted by Crippen LogP contribution is -2.27. The van der Waals surface area contributed by atoms with Gasteiger partial charge in [0, 0.05) is 6.42 Å². The first-order chi connectivity index (χ1) is 7.37. The highest BCUT2D eigenvalue weighted by Gasteiger charge is 2.24. The lowest BCUT2D eigenvalue weighted by molar-refractivity contribution is -0.119. The van der Waals surface area contributed by atoms with Crippen LogP contribution in [-0.2, 0) is 9.53 Å². The van der Waals surface area contributed by atoms with Crippen LogP contribution in [0, 0.1) is 11.3 Å². The predicted molar refractivity (Wildman–Crippen MR) is 65.0 cm³/mol. The van der Waals surface area contributed by atoms with Crippen molar-refractivity contribution in [2.45, 2.75) is 59.0 Å². The van der Waals surface area contributed by atoms with Crippen LogP contribution < -0.4 is 5.73 Å².